The van der Waals surface area contributed by atoms with Crippen molar-refractivity contribution >= 4 is 0 Å². The molecule has 0 bridgehead atoms. The second kappa shape index (κ2) is 7.07. The average molecular weight is 280 g/mol. The molecule has 3 N–H and O–H groups in total. The maximum Gasteiger partial charge on any atom is 0.137 e. The van der Waals surface area contributed by atoms with E-state index in [9.17, 15) is 5.11 Å². The summed E-state index contributed by atoms with van der Waals surface area (Å²) in [7, 11) is 2.23. The lowest BCUT2D eigenvalue weighted by molar-refractivity contribution is -1.00. The summed E-state index contributed by atoms with van der Waals surface area (Å²) >= 11 is 0. The third kappa shape index (κ3) is 4.47. The van der Waals surface area contributed by atoms with E-state index in [2.05, 4.69) is 27.0 Å². The number of aliphatic hydroxyl groups is 1. The van der Waals surface area contributed by atoms with Gasteiger partial charge in [-0.05, 0) is 37.1 Å². The summed E-state index contributed by atoms with van der Waals surface area (Å²) in [5.74, 6) is 0.852. The first-order valence-corrected chi connectivity index (χ1v) is 7.57. The van der Waals surface area contributed by atoms with Crippen LogP contribution in [-0.4, -0.2) is 57.6 Å². The van der Waals surface area contributed by atoms with Gasteiger partial charge in [0, 0.05) is 0 Å². The Balaban J connectivity index is 1.74. The van der Waals surface area contributed by atoms with Crippen LogP contribution < -0.4 is 14.5 Å². The van der Waals surface area contributed by atoms with Crippen LogP contribution in [0, 0.1) is 13.8 Å². The molecule has 1 atom stereocenters. The second-order valence-corrected chi connectivity index (χ2v) is 6.12. The number of aryl methyl sites for hydroxylation is 2. The van der Waals surface area contributed by atoms with Crippen LogP contribution in [0.4, 0.5) is 0 Å². The highest BCUT2D eigenvalue weighted by atomic mass is 16.5. The molecule has 20 heavy (non-hydrogen) atoms. The number of nitrogens with one attached hydrogen (secondary N) is 2. The number of aliphatic hydroxyl groups excluding tert-OH is 1. The van der Waals surface area contributed by atoms with Crippen LogP contribution in [0.1, 0.15) is 11.1 Å². The van der Waals surface area contributed by atoms with E-state index in [1.54, 1.807) is 4.90 Å². The van der Waals surface area contributed by atoms with Gasteiger partial charge >= 0.3 is 0 Å². The molecule has 112 valence electrons. The van der Waals surface area contributed by atoms with Crippen molar-refractivity contribution in [2.75, 3.05) is 46.4 Å². The summed E-state index contributed by atoms with van der Waals surface area (Å²) < 4.78 is 5.70. The van der Waals surface area contributed by atoms with Gasteiger partial charge in [-0.25, -0.2) is 0 Å². The maximum atomic E-state index is 10.1. The van der Waals surface area contributed by atoms with Gasteiger partial charge in [-0.2, -0.15) is 0 Å². The summed E-state index contributed by atoms with van der Waals surface area (Å²) in [6.45, 7) is 10.0. The Hall–Kier alpha value is -1.10. The van der Waals surface area contributed by atoms with Gasteiger partial charge in [-0.3, -0.25) is 0 Å². The standard InChI is InChI=1S/C16H26N2O2/c1-13-4-5-16(10-14(13)2)20-12-15(19)11-18-8-6-17(3)7-9-18/h4-5,10,15,19H,6-9,11-12H2,1-3H3/p+2/t15-/m0/s1. The molecule has 0 amide bonds. The van der Waals surface area contributed by atoms with Gasteiger partial charge in [-0.15, -0.1) is 0 Å². The zero-order valence-electron chi connectivity index (χ0n) is 12.9. The molecule has 1 saturated heterocycles. The molecular weight excluding hydrogens is 252 g/mol. The van der Waals surface area contributed by atoms with E-state index in [0.717, 1.165) is 25.4 Å². The molecule has 0 aliphatic carbocycles. The lowest BCUT2D eigenvalue weighted by Crippen LogP contribution is -3.27. The van der Waals surface area contributed by atoms with Gasteiger partial charge in [0.2, 0.25) is 0 Å². The predicted octanol–water partition coefficient (Wildman–Crippen LogP) is -1.54. The second-order valence-electron chi connectivity index (χ2n) is 6.12. The lowest BCUT2D eigenvalue weighted by Gasteiger charge is -2.28. The number of hydrogen-bond acceptors (Lipinski definition) is 2. The Morgan fingerprint density at radius 2 is 1.85 bits per heavy atom. The van der Waals surface area contributed by atoms with Crippen molar-refractivity contribution in [2.45, 2.75) is 20.0 Å². The number of rotatable bonds is 5. The minimum absolute atomic E-state index is 0.384. The fraction of sp³-hybridized carbons (Fsp3) is 0.625. The Morgan fingerprint density at radius 3 is 2.50 bits per heavy atom. The molecule has 1 fully saturated rings. The van der Waals surface area contributed by atoms with Crippen molar-refractivity contribution in [3.05, 3.63) is 29.3 Å². The summed E-state index contributed by atoms with van der Waals surface area (Å²) in [5, 5.41) is 10.1. The summed E-state index contributed by atoms with van der Waals surface area (Å²) in [4.78, 5) is 3.08. The van der Waals surface area contributed by atoms with Crippen molar-refractivity contribution in [2.24, 2.45) is 0 Å². The van der Waals surface area contributed by atoms with Crippen LogP contribution in [0.3, 0.4) is 0 Å². The Kier molecular flexibility index (Phi) is 5.40. The first-order valence-electron chi connectivity index (χ1n) is 7.57. The third-order valence-electron chi connectivity index (χ3n) is 4.26. The molecule has 2 rings (SSSR count). The highest BCUT2D eigenvalue weighted by Gasteiger charge is 2.22. The molecule has 0 aromatic heterocycles. The molecule has 1 aliphatic rings. The maximum absolute atomic E-state index is 10.1. The van der Waals surface area contributed by atoms with Gasteiger partial charge < -0.3 is 19.6 Å². The van der Waals surface area contributed by atoms with Crippen molar-refractivity contribution in [3.8, 4) is 5.75 Å². The van der Waals surface area contributed by atoms with E-state index in [1.165, 1.54) is 29.1 Å². The lowest BCUT2D eigenvalue weighted by atomic mass is 10.1. The molecule has 0 unspecified atom stereocenters. The Morgan fingerprint density at radius 1 is 1.15 bits per heavy atom. The molecule has 1 heterocycles. The first kappa shape index (κ1) is 15.3. The zero-order chi connectivity index (χ0) is 14.5. The largest absolute Gasteiger partial charge is 0.491 e. The minimum Gasteiger partial charge on any atom is -0.491 e. The van der Waals surface area contributed by atoms with Crippen LogP contribution in [0.2, 0.25) is 0 Å². The van der Waals surface area contributed by atoms with Gasteiger partial charge in [-0.1, -0.05) is 6.07 Å². The molecule has 0 radical (unpaired) electrons. The van der Waals surface area contributed by atoms with Crippen LogP contribution in [-0.2, 0) is 0 Å². The van der Waals surface area contributed by atoms with E-state index >= 15 is 0 Å². The average Bonchev–Trinajstić information content (AvgIpc) is 2.43. The van der Waals surface area contributed by atoms with E-state index in [4.69, 9.17) is 4.74 Å². The van der Waals surface area contributed by atoms with Gasteiger partial charge in [0.05, 0.1) is 7.05 Å². The van der Waals surface area contributed by atoms with Gasteiger partial charge in [0.1, 0.15) is 51.2 Å². The summed E-state index contributed by atoms with van der Waals surface area (Å²) in [6.07, 6.45) is -0.384. The summed E-state index contributed by atoms with van der Waals surface area (Å²) in [6, 6.07) is 6.07. The summed E-state index contributed by atoms with van der Waals surface area (Å²) in [5.41, 5.74) is 2.49. The van der Waals surface area contributed by atoms with Crippen molar-refractivity contribution in [1.29, 1.82) is 0 Å². The SMILES string of the molecule is Cc1ccc(OC[C@@H](O)C[NH+]2CC[NH+](C)CC2)cc1C. The van der Waals surface area contributed by atoms with Crippen molar-refractivity contribution in [1.82, 2.24) is 0 Å². The topological polar surface area (TPSA) is 38.3 Å². The van der Waals surface area contributed by atoms with Crippen LogP contribution >= 0.6 is 0 Å². The number of hydrogen-bond donors (Lipinski definition) is 3. The van der Waals surface area contributed by atoms with Crippen molar-refractivity contribution < 1.29 is 19.6 Å². The Bertz CT molecular complexity index is 428. The van der Waals surface area contributed by atoms with E-state index in [-0.39, 0.29) is 6.10 Å². The van der Waals surface area contributed by atoms with Gasteiger partial charge in [0.25, 0.3) is 0 Å². The molecule has 1 aromatic rings. The number of ether oxygens (including phenoxy) is 1. The van der Waals surface area contributed by atoms with Crippen molar-refractivity contribution in [3.63, 3.8) is 0 Å². The van der Waals surface area contributed by atoms with Crippen LogP contribution in [0.25, 0.3) is 0 Å². The fourth-order valence-corrected chi connectivity index (χ4v) is 2.62. The van der Waals surface area contributed by atoms with E-state index in [0.29, 0.717) is 6.61 Å². The quantitative estimate of drug-likeness (QED) is 0.611. The predicted molar refractivity (Wildman–Crippen MR) is 79.6 cm³/mol. The monoisotopic (exact) mass is 280 g/mol. The molecule has 0 spiro atoms. The molecular formula is C16H28N2O2+2. The normalized spacial score (nSPS) is 24.4. The minimum atomic E-state index is -0.384. The van der Waals surface area contributed by atoms with Gasteiger partial charge in [0.15, 0.2) is 0 Å². The molecule has 1 aromatic carbocycles. The van der Waals surface area contributed by atoms with E-state index < -0.39 is 0 Å². The Labute approximate surface area is 122 Å². The van der Waals surface area contributed by atoms with Crippen LogP contribution in [0.5, 0.6) is 5.75 Å². The fourth-order valence-electron chi connectivity index (χ4n) is 2.62. The highest BCUT2D eigenvalue weighted by Crippen LogP contribution is 2.16. The molecule has 4 heteroatoms. The third-order valence-corrected chi connectivity index (χ3v) is 4.26. The molecule has 1 aliphatic heterocycles. The highest BCUT2D eigenvalue weighted by molar-refractivity contribution is 5.33. The van der Waals surface area contributed by atoms with Crippen LogP contribution in [0.15, 0.2) is 18.2 Å². The zero-order valence-corrected chi connectivity index (χ0v) is 12.9. The molecule has 4 nitrogen and oxygen atoms in total. The number of likely N-dealkylation sites (N-methyl/N-ethyl adjacent to an activating group) is 1. The first-order chi connectivity index (χ1) is 9.54. The molecule has 0 saturated carbocycles. The number of quaternary nitrogens is 2. The number of piperazine rings is 1. The van der Waals surface area contributed by atoms with E-state index in [1.807, 2.05) is 12.1 Å². The smallest absolute Gasteiger partial charge is 0.137 e. The number of benzene rings is 1.